The van der Waals surface area contributed by atoms with Crippen LogP contribution in [0.5, 0.6) is 5.75 Å². The van der Waals surface area contributed by atoms with Gasteiger partial charge in [-0.05, 0) is 36.2 Å². The first-order chi connectivity index (χ1) is 12.3. The van der Waals surface area contributed by atoms with Gasteiger partial charge >= 0.3 is 0 Å². The fourth-order valence-electron chi connectivity index (χ4n) is 2.41. The quantitative estimate of drug-likeness (QED) is 0.681. The van der Waals surface area contributed by atoms with Gasteiger partial charge in [-0.2, -0.15) is 4.98 Å². The van der Waals surface area contributed by atoms with Crippen LogP contribution < -0.4 is 15.4 Å². The van der Waals surface area contributed by atoms with Gasteiger partial charge in [-0.15, -0.1) is 0 Å². The second-order valence-electron chi connectivity index (χ2n) is 5.36. The molecule has 5 nitrogen and oxygen atoms in total. The molecule has 0 amide bonds. The van der Waals surface area contributed by atoms with E-state index in [0.717, 1.165) is 11.4 Å². The average Bonchev–Trinajstić information content (AvgIpc) is 2.64. The second kappa shape index (κ2) is 8.10. The Labute approximate surface area is 145 Å². The highest BCUT2D eigenvalue weighted by molar-refractivity contribution is 5.64. The molecule has 2 aromatic carbocycles. The minimum atomic E-state index is -0.197. The number of nitrogens with one attached hydrogen (secondary N) is 2. The zero-order valence-electron chi connectivity index (χ0n) is 13.9. The van der Waals surface area contributed by atoms with E-state index in [1.54, 1.807) is 31.5 Å². The van der Waals surface area contributed by atoms with E-state index < -0.39 is 0 Å². The van der Waals surface area contributed by atoms with Gasteiger partial charge in [0.2, 0.25) is 5.95 Å². The smallest absolute Gasteiger partial charge is 0.224 e. The molecule has 2 N–H and O–H groups in total. The van der Waals surface area contributed by atoms with E-state index in [1.165, 1.54) is 6.07 Å². The summed E-state index contributed by atoms with van der Waals surface area (Å²) in [5, 5.41) is 6.32. The fourth-order valence-corrected chi connectivity index (χ4v) is 2.41. The van der Waals surface area contributed by atoms with Crippen molar-refractivity contribution in [3.8, 4) is 5.75 Å². The molecular weight excluding hydrogens is 319 g/mol. The first-order valence-corrected chi connectivity index (χ1v) is 7.96. The molecule has 0 spiro atoms. The number of anilines is 3. The number of methoxy groups -OCH3 is 1. The summed E-state index contributed by atoms with van der Waals surface area (Å²) < 4.78 is 18.9. The number of hydrogen-bond donors (Lipinski definition) is 2. The average molecular weight is 338 g/mol. The Morgan fingerprint density at radius 1 is 1.04 bits per heavy atom. The molecule has 1 aromatic heterocycles. The lowest BCUT2D eigenvalue weighted by Crippen LogP contribution is -2.09. The lowest BCUT2D eigenvalue weighted by molar-refractivity contribution is 0.417. The van der Waals surface area contributed by atoms with Crippen LogP contribution >= 0.6 is 0 Å². The van der Waals surface area contributed by atoms with Crippen LogP contribution in [0.3, 0.4) is 0 Å². The molecule has 0 fully saturated rings. The topological polar surface area (TPSA) is 59.1 Å². The van der Waals surface area contributed by atoms with E-state index >= 15 is 0 Å². The third-order valence-electron chi connectivity index (χ3n) is 3.66. The minimum Gasteiger partial charge on any atom is -0.495 e. The fraction of sp³-hybridized carbons (Fsp3) is 0.158. The normalized spacial score (nSPS) is 10.3. The summed E-state index contributed by atoms with van der Waals surface area (Å²) in [7, 11) is 1.62. The monoisotopic (exact) mass is 338 g/mol. The zero-order valence-corrected chi connectivity index (χ0v) is 13.9. The van der Waals surface area contributed by atoms with Crippen molar-refractivity contribution in [2.75, 3.05) is 24.3 Å². The van der Waals surface area contributed by atoms with E-state index in [4.69, 9.17) is 4.74 Å². The number of aromatic nitrogens is 2. The minimum absolute atomic E-state index is 0.197. The Hall–Kier alpha value is -3.15. The van der Waals surface area contributed by atoms with Gasteiger partial charge in [0, 0.05) is 12.7 Å². The van der Waals surface area contributed by atoms with Crippen LogP contribution in [0.2, 0.25) is 0 Å². The number of ether oxygens (including phenoxy) is 1. The van der Waals surface area contributed by atoms with Crippen LogP contribution in [-0.2, 0) is 6.42 Å². The maximum atomic E-state index is 13.6. The lowest BCUT2D eigenvalue weighted by atomic mass is 10.1. The summed E-state index contributed by atoms with van der Waals surface area (Å²) in [6.45, 7) is 0.541. The molecule has 0 bridgehead atoms. The van der Waals surface area contributed by atoms with Crippen molar-refractivity contribution < 1.29 is 9.13 Å². The van der Waals surface area contributed by atoms with Gasteiger partial charge in [-0.25, -0.2) is 9.37 Å². The molecule has 3 rings (SSSR count). The molecule has 0 unspecified atom stereocenters. The Balaban J connectivity index is 1.62. The molecule has 0 radical (unpaired) electrons. The predicted molar refractivity (Wildman–Crippen MR) is 96.9 cm³/mol. The lowest BCUT2D eigenvalue weighted by Gasteiger charge is -2.11. The van der Waals surface area contributed by atoms with Crippen molar-refractivity contribution in [3.05, 3.63) is 72.2 Å². The van der Waals surface area contributed by atoms with Gasteiger partial charge < -0.3 is 15.4 Å². The second-order valence-corrected chi connectivity index (χ2v) is 5.36. The Kier molecular flexibility index (Phi) is 5.41. The van der Waals surface area contributed by atoms with Crippen LogP contribution in [0.1, 0.15) is 5.56 Å². The number of hydrogen-bond acceptors (Lipinski definition) is 5. The van der Waals surface area contributed by atoms with Gasteiger partial charge in [0.15, 0.2) is 0 Å². The predicted octanol–water partition coefficient (Wildman–Crippen LogP) is 4.02. The van der Waals surface area contributed by atoms with Gasteiger partial charge in [-0.1, -0.05) is 30.3 Å². The van der Waals surface area contributed by atoms with Crippen LogP contribution in [0.15, 0.2) is 60.8 Å². The SMILES string of the molecule is COc1ccccc1Nc1ccnc(NCCc2ccccc2F)n1. The van der Waals surface area contributed by atoms with Crippen molar-refractivity contribution in [2.24, 2.45) is 0 Å². The Morgan fingerprint density at radius 3 is 2.68 bits per heavy atom. The molecular formula is C19H19FN4O. The van der Waals surface area contributed by atoms with Gasteiger partial charge in [0.25, 0.3) is 0 Å². The van der Waals surface area contributed by atoms with E-state index in [0.29, 0.717) is 30.3 Å². The van der Waals surface area contributed by atoms with Gasteiger partial charge in [-0.3, -0.25) is 0 Å². The maximum Gasteiger partial charge on any atom is 0.224 e. The van der Waals surface area contributed by atoms with E-state index in [9.17, 15) is 4.39 Å². The Morgan fingerprint density at radius 2 is 1.84 bits per heavy atom. The van der Waals surface area contributed by atoms with Crippen LogP contribution in [0, 0.1) is 5.82 Å². The third-order valence-corrected chi connectivity index (χ3v) is 3.66. The molecule has 1 heterocycles. The highest BCUT2D eigenvalue weighted by Crippen LogP contribution is 2.26. The maximum absolute atomic E-state index is 13.6. The summed E-state index contributed by atoms with van der Waals surface area (Å²) in [6.07, 6.45) is 2.22. The molecule has 0 aliphatic rings. The molecule has 6 heteroatoms. The summed E-state index contributed by atoms with van der Waals surface area (Å²) in [5.74, 6) is 1.66. The number of nitrogens with zero attached hydrogens (tertiary/aromatic N) is 2. The highest BCUT2D eigenvalue weighted by atomic mass is 19.1. The van der Waals surface area contributed by atoms with Crippen molar-refractivity contribution >= 4 is 17.5 Å². The number of para-hydroxylation sites is 2. The van der Waals surface area contributed by atoms with E-state index in [1.807, 2.05) is 30.3 Å². The summed E-state index contributed by atoms with van der Waals surface area (Å²) in [6, 6.07) is 16.1. The number of rotatable bonds is 7. The molecule has 0 aliphatic heterocycles. The molecule has 0 saturated carbocycles. The zero-order chi connectivity index (χ0) is 17.5. The standard InChI is InChI=1S/C19H19FN4O/c1-25-17-9-5-4-8-16(17)23-18-11-13-22-19(24-18)21-12-10-14-6-2-3-7-15(14)20/h2-9,11,13H,10,12H2,1H3,(H2,21,22,23,24). The van der Waals surface area contributed by atoms with Crippen LogP contribution in [0.25, 0.3) is 0 Å². The first-order valence-electron chi connectivity index (χ1n) is 7.96. The van der Waals surface area contributed by atoms with Crippen molar-refractivity contribution in [2.45, 2.75) is 6.42 Å². The van der Waals surface area contributed by atoms with Crippen molar-refractivity contribution in [1.82, 2.24) is 9.97 Å². The molecule has 3 aromatic rings. The molecule has 25 heavy (non-hydrogen) atoms. The van der Waals surface area contributed by atoms with Gasteiger partial charge in [0.1, 0.15) is 17.4 Å². The van der Waals surface area contributed by atoms with Crippen LogP contribution in [-0.4, -0.2) is 23.6 Å². The first kappa shape index (κ1) is 16.7. The van der Waals surface area contributed by atoms with Crippen molar-refractivity contribution in [1.29, 1.82) is 0 Å². The third kappa shape index (κ3) is 4.44. The summed E-state index contributed by atoms with van der Waals surface area (Å²) >= 11 is 0. The Bertz CT molecular complexity index is 841. The van der Waals surface area contributed by atoms with E-state index in [-0.39, 0.29) is 5.82 Å². The van der Waals surface area contributed by atoms with E-state index in [2.05, 4.69) is 20.6 Å². The summed E-state index contributed by atoms with van der Waals surface area (Å²) in [4.78, 5) is 8.60. The van der Waals surface area contributed by atoms with Crippen LogP contribution in [0.4, 0.5) is 21.8 Å². The molecule has 0 atom stereocenters. The van der Waals surface area contributed by atoms with Gasteiger partial charge in [0.05, 0.1) is 12.8 Å². The number of halogens is 1. The molecule has 0 saturated heterocycles. The largest absolute Gasteiger partial charge is 0.495 e. The molecule has 0 aliphatic carbocycles. The highest BCUT2D eigenvalue weighted by Gasteiger charge is 2.05. The number of benzene rings is 2. The molecule has 128 valence electrons. The van der Waals surface area contributed by atoms with Crippen molar-refractivity contribution in [3.63, 3.8) is 0 Å². The summed E-state index contributed by atoms with van der Waals surface area (Å²) in [5.41, 5.74) is 1.49.